The molecule has 2 unspecified atom stereocenters. The van der Waals surface area contributed by atoms with Crippen molar-refractivity contribution in [1.82, 2.24) is 4.90 Å². The van der Waals surface area contributed by atoms with Gasteiger partial charge in [0, 0.05) is 13.1 Å². The Morgan fingerprint density at radius 2 is 2.12 bits per heavy atom. The van der Waals surface area contributed by atoms with Crippen molar-refractivity contribution in [2.24, 2.45) is 5.92 Å². The molecule has 86 valence electrons. The standard InChI is InChI=1S/C13H17NO2/c1-10(15)12-7-8-14(13(12)16)9-11-5-3-2-4-6-11/h2-6,10,12,15H,7-9H2,1H3. The monoisotopic (exact) mass is 219 g/mol. The summed E-state index contributed by atoms with van der Waals surface area (Å²) in [6, 6.07) is 9.95. The van der Waals surface area contributed by atoms with E-state index in [1.807, 2.05) is 35.2 Å². The number of rotatable bonds is 3. The Kier molecular flexibility index (Phi) is 3.25. The lowest BCUT2D eigenvalue weighted by molar-refractivity contribution is -0.134. The van der Waals surface area contributed by atoms with Crippen LogP contribution in [0, 0.1) is 5.92 Å². The molecule has 0 aromatic heterocycles. The molecule has 1 N–H and O–H groups in total. The molecule has 0 saturated carbocycles. The maximum absolute atomic E-state index is 11.9. The van der Waals surface area contributed by atoms with Crippen molar-refractivity contribution in [3.05, 3.63) is 35.9 Å². The molecule has 1 amide bonds. The second kappa shape index (κ2) is 4.66. The minimum Gasteiger partial charge on any atom is -0.393 e. The Labute approximate surface area is 95.7 Å². The van der Waals surface area contributed by atoms with Gasteiger partial charge in [0.15, 0.2) is 0 Å². The van der Waals surface area contributed by atoms with E-state index in [2.05, 4.69) is 0 Å². The van der Waals surface area contributed by atoms with Crippen LogP contribution in [0.4, 0.5) is 0 Å². The van der Waals surface area contributed by atoms with Crippen LogP contribution in [0.1, 0.15) is 18.9 Å². The van der Waals surface area contributed by atoms with Gasteiger partial charge in [-0.05, 0) is 18.9 Å². The molecule has 16 heavy (non-hydrogen) atoms. The summed E-state index contributed by atoms with van der Waals surface area (Å²) in [5, 5.41) is 9.46. The maximum Gasteiger partial charge on any atom is 0.228 e. The average Bonchev–Trinajstić information content (AvgIpc) is 2.62. The van der Waals surface area contributed by atoms with Gasteiger partial charge in [-0.1, -0.05) is 30.3 Å². The Bertz CT molecular complexity index is 361. The van der Waals surface area contributed by atoms with E-state index >= 15 is 0 Å². The Hall–Kier alpha value is -1.35. The summed E-state index contributed by atoms with van der Waals surface area (Å²) in [5.74, 6) is -0.123. The van der Waals surface area contributed by atoms with Gasteiger partial charge in [0.25, 0.3) is 0 Å². The Morgan fingerprint density at radius 1 is 1.44 bits per heavy atom. The summed E-state index contributed by atoms with van der Waals surface area (Å²) in [6.07, 6.45) is 0.233. The number of carbonyl (C=O) groups excluding carboxylic acids is 1. The molecule has 0 radical (unpaired) electrons. The van der Waals surface area contributed by atoms with Gasteiger partial charge < -0.3 is 10.0 Å². The molecule has 2 atom stereocenters. The van der Waals surface area contributed by atoms with E-state index < -0.39 is 6.10 Å². The van der Waals surface area contributed by atoms with Crippen molar-refractivity contribution in [2.45, 2.75) is 26.0 Å². The van der Waals surface area contributed by atoms with E-state index in [0.29, 0.717) is 6.54 Å². The average molecular weight is 219 g/mol. The molecule has 1 saturated heterocycles. The Balaban J connectivity index is 2.01. The van der Waals surface area contributed by atoms with Gasteiger partial charge in [-0.3, -0.25) is 4.79 Å². The van der Waals surface area contributed by atoms with Crippen molar-refractivity contribution in [3.63, 3.8) is 0 Å². The molecule has 1 aliphatic heterocycles. The summed E-state index contributed by atoms with van der Waals surface area (Å²) in [7, 11) is 0. The number of amides is 1. The zero-order valence-electron chi connectivity index (χ0n) is 9.47. The van der Waals surface area contributed by atoms with E-state index in [9.17, 15) is 9.90 Å². The summed E-state index contributed by atoms with van der Waals surface area (Å²) in [5.41, 5.74) is 1.14. The number of carbonyl (C=O) groups is 1. The lowest BCUT2D eigenvalue weighted by atomic mass is 10.0. The highest BCUT2D eigenvalue weighted by molar-refractivity contribution is 5.81. The Morgan fingerprint density at radius 3 is 2.69 bits per heavy atom. The minimum absolute atomic E-state index is 0.0823. The SMILES string of the molecule is CC(O)C1CCN(Cc2ccccc2)C1=O. The molecular weight excluding hydrogens is 202 g/mol. The van der Waals surface area contributed by atoms with Crippen molar-refractivity contribution in [3.8, 4) is 0 Å². The lowest BCUT2D eigenvalue weighted by Crippen LogP contribution is -2.30. The molecule has 0 bridgehead atoms. The molecule has 3 nitrogen and oxygen atoms in total. The van der Waals surface area contributed by atoms with Gasteiger partial charge in [0.1, 0.15) is 0 Å². The summed E-state index contributed by atoms with van der Waals surface area (Å²) >= 11 is 0. The van der Waals surface area contributed by atoms with Crippen LogP contribution in [0.3, 0.4) is 0 Å². The molecular formula is C13H17NO2. The summed E-state index contributed by atoms with van der Waals surface area (Å²) in [6.45, 7) is 3.10. The van der Waals surface area contributed by atoms with Crippen molar-refractivity contribution < 1.29 is 9.90 Å². The van der Waals surface area contributed by atoms with E-state index in [1.165, 1.54) is 0 Å². The number of hydrogen-bond donors (Lipinski definition) is 1. The first kappa shape index (κ1) is 11.1. The van der Waals surface area contributed by atoms with E-state index in [0.717, 1.165) is 18.5 Å². The predicted octanol–water partition coefficient (Wildman–Crippen LogP) is 1.42. The molecule has 1 aromatic carbocycles. The maximum atomic E-state index is 11.9. The minimum atomic E-state index is -0.534. The molecule has 1 aromatic rings. The number of likely N-dealkylation sites (tertiary alicyclic amines) is 1. The third-order valence-corrected chi connectivity index (χ3v) is 3.14. The quantitative estimate of drug-likeness (QED) is 0.835. The first-order valence-corrected chi connectivity index (χ1v) is 5.69. The van der Waals surface area contributed by atoms with Crippen LogP contribution < -0.4 is 0 Å². The number of aliphatic hydroxyl groups is 1. The van der Waals surface area contributed by atoms with Crippen LogP contribution in [-0.4, -0.2) is 28.6 Å². The molecule has 1 fully saturated rings. The number of aliphatic hydroxyl groups excluding tert-OH is 1. The fraction of sp³-hybridized carbons (Fsp3) is 0.462. The second-order valence-electron chi connectivity index (χ2n) is 4.38. The zero-order valence-corrected chi connectivity index (χ0v) is 9.47. The highest BCUT2D eigenvalue weighted by Crippen LogP contribution is 2.22. The smallest absolute Gasteiger partial charge is 0.228 e. The molecule has 0 spiro atoms. The normalized spacial score (nSPS) is 22.5. The third-order valence-electron chi connectivity index (χ3n) is 3.14. The lowest BCUT2D eigenvalue weighted by Gasteiger charge is -2.17. The van der Waals surface area contributed by atoms with Crippen LogP contribution >= 0.6 is 0 Å². The van der Waals surface area contributed by atoms with Crippen LogP contribution in [0.2, 0.25) is 0 Å². The molecule has 0 aliphatic carbocycles. The zero-order chi connectivity index (χ0) is 11.5. The molecule has 1 aliphatic rings. The van der Waals surface area contributed by atoms with Crippen molar-refractivity contribution in [1.29, 1.82) is 0 Å². The number of hydrogen-bond acceptors (Lipinski definition) is 2. The fourth-order valence-corrected chi connectivity index (χ4v) is 2.17. The highest BCUT2D eigenvalue weighted by Gasteiger charge is 2.34. The highest BCUT2D eigenvalue weighted by atomic mass is 16.3. The first-order valence-electron chi connectivity index (χ1n) is 5.69. The topological polar surface area (TPSA) is 40.5 Å². The largest absolute Gasteiger partial charge is 0.393 e. The van der Waals surface area contributed by atoms with Gasteiger partial charge >= 0.3 is 0 Å². The van der Waals surface area contributed by atoms with Crippen molar-refractivity contribution in [2.75, 3.05) is 6.54 Å². The van der Waals surface area contributed by atoms with E-state index in [4.69, 9.17) is 0 Å². The summed E-state index contributed by atoms with van der Waals surface area (Å²) < 4.78 is 0. The van der Waals surface area contributed by atoms with Crippen LogP contribution in [0.5, 0.6) is 0 Å². The van der Waals surface area contributed by atoms with Crippen LogP contribution in [0.25, 0.3) is 0 Å². The number of nitrogens with zero attached hydrogens (tertiary/aromatic N) is 1. The van der Waals surface area contributed by atoms with E-state index in [-0.39, 0.29) is 11.8 Å². The van der Waals surface area contributed by atoms with Crippen LogP contribution in [-0.2, 0) is 11.3 Å². The van der Waals surface area contributed by atoms with Gasteiger partial charge in [-0.15, -0.1) is 0 Å². The number of benzene rings is 1. The third kappa shape index (κ3) is 2.25. The second-order valence-corrected chi connectivity index (χ2v) is 4.38. The molecule has 3 heteroatoms. The fourth-order valence-electron chi connectivity index (χ4n) is 2.17. The first-order chi connectivity index (χ1) is 7.68. The van der Waals surface area contributed by atoms with Gasteiger partial charge in [0.05, 0.1) is 12.0 Å². The molecule has 1 heterocycles. The van der Waals surface area contributed by atoms with Crippen LogP contribution in [0.15, 0.2) is 30.3 Å². The molecule has 2 rings (SSSR count). The van der Waals surface area contributed by atoms with Gasteiger partial charge in [-0.25, -0.2) is 0 Å². The predicted molar refractivity (Wildman–Crippen MR) is 61.6 cm³/mol. The van der Waals surface area contributed by atoms with Gasteiger partial charge in [-0.2, -0.15) is 0 Å². The van der Waals surface area contributed by atoms with Crippen molar-refractivity contribution >= 4 is 5.91 Å². The summed E-state index contributed by atoms with van der Waals surface area (Å²) in [4.78, 5) is 13.7. The van der Waals surface area contributed by atoms with Gasteiger partial charge in [0.2, 0.25) is 5.91 Å². The van der Waals surface area contributed by atoms with E-state index in [1.54, 1.807) is 6.92 Å².